The maximum Gasteiger partial charge on any atom is 0.262 e. The Labute approximate surface area is 160 Å². The molecule has 0 aliphatic rings. The van der Waals surface area contributed by atoms with E-state index in [0.717, 1.165) is 17.2 Å². The molecule has 27 heavy (non-hydrogen) atoms. The van der Waals surface area contributed by atoms with Crippen LogP contribution in [0.2, 0.25) is 5.02 Å². The third kappa shape index (κ3) is 4.84. The highest BCUT2D eigenvalue weighted by molar-refractivity contribution is 6.33. The van der Waals surface area contributed by atoms with Gasteiger partial charge in [0.2, 0.25) is 0 Å². The molecule has 0 saturated heterocycles. The van der Waals surface area contributed by atoms with Crippen molar-refractivity contribution in [3.63, 3.8) is 0 Å². The van der Waals surface area contributed by atoms with Crippen LogP contribution in [0, 0.1) is 17.1 Å². The number of hydrogen-bond donors (Lipinski definition) is 1. The van der Waals surface area contributed by atoms with E-state index >= 15 is 0 Å². The first-order valence-electron chi connectivity index (χ1n) is 8.03. The Morgan fingerprint density at radius 2 is 1.67 bits per heavy atom. The van der Waals surface area contributed by atoms with Crippen molar-refractivity contribution < 1.29 is 13.9 Å². The minimum atomic E-state index is -0.475. The average molecular weight is 381 g/mol. The third-order valence-corrected chi connectivity index (χ3v) is 4.09. The highest BCUT2D eigenvalue weighted by Crippen LogP contribution is 2.24. The second kappa shape index (κ2) is 8.35. The first-order chi connectivity index (χ1) is 13.0. The second-order valence-corrected chi connectivity index (χ2v) is 6.08. The van der Waals surface area contributed by atoms with E-state index < -0.39 is 11.7 Å². The number of amides is 1. The standard InChI is InChI=1S/C21H14ClFN2O2/c22-19-11-17(23)7-10-20(19)25-21(26)13-27-18-8-5-16(6-9-18)15-3-1-14(12-24)2-4-15/h1-11H,13H2,(H,25,26). The summed E-state index contributed by atoms with van der Waals surface area (Å²) in [6, 6.07) is 20.3. The summed E-state index contributed by atoms with van der Waals surface area (Å²) in [6.07, 6.45) is 0. The molecule has 0 radical (unpaired) electrons. The number of nitrogens with one attached hydrogen (secondary N) is 1. The molecule has 0 saturated carbocycles. The molecule has 1 amide bonds. The molecule has 4 nitrogen and oxygen atoms in total. The molecule has 0 aliphatic carbocycles. The summed E-state index contributed by atoms with van der Waals surface area (Å²) in [5, 5.41) is 11.5. The van der Waals surface area contributed by atoms with Crippen LogP contribution in [-0.2, 0) is 4.79 Å². The lowest BCUT2D eigenvalue weighted by molar-refractivity contribution is -0.118. The van der Waals surface area contributed by atoms with Gasteiger partial charge in [0.25, 0.3) is 5.91 Å². The van der Waals surface area contributed by atoms with Gasteiger partial charge >= 0.3 is 0 Å². The average Bonchev–Trinajstić information content (AvgIpc) is 2.69. The van der Waals surface area contributed by atoms with E-state index in [-0.39, 0.29) is 11.6 Å². The van der Waals surface area contributed by atoms with Crippen LogP contribution >= 0.6 is 11.6 Å². The fourth-order valence-corrected chi connectivity index (χ4v) is 2.62. The number of hydrogen-bond acceptors (Lipinski definition) is 3. The summed E-state index contributed by atoms with van der Waals surface area (Å²) in [6.45, 7) is -0.204. The summed E-state index contributed by atoms with van der Waals surface area (Å²) in [5.74, 6) is -0.343. The number of nitriles is 1. The Balaban J connectivity index is 1.58. The minimum absolute atomic E-state index is 0.120. The van der Waals surface area contributed by atoms with Crippen molar-refractivity contribution in [2.75, 3.05) is 11.9 Å². The van der Waals surface area contributed by atoms with Gasteiger partial charge in [-0.25, -0.2) is 4.39 Å². The number of rotatable bonds is 5. The number of ether oxygens (including phenoxy) is 1. The van der Waals surface area contributed by atoms with Crippen LogP contribution in [0.4, 0.5) is 10.1 Å². The van der Waals surface area contributed by atoms with E-state index in [1.807, 2.05) is 24.3 Å². The molecule has 0 fully saturated rings. The number of carbonyl (C=O) groups excluding carboxylic acids is 1. The van der Waals surface area contributed by atoms with Crippen LogP contribution in [0.3, 0.4) is 0 Å². The van der Waals surface area contributed by atoms with E-state index in [0.29, 0.717) is 17.0 Å². The van der Waals surface area contributed by atoms with Gasteiger partial charge in [-0.2, -0.15) is 5.26 Å². The van der Waals surface area contributed by atoms with Crippen molar-refractivity contribution in [2.24, 2.45) is 0 Å². The summed E-state index contributed by atoms with van der Waals surface area (Å²) in [5.41, 5.74) is 2.87. The lowest BCUT2D eigenvalue weighted by atomic mass is 10.0. The van der Waals surface area contributed by atoms with Crippen molar-refractivity contribution in [2.45, 2.75) is 0 Å². The maximum absolute atomic E-state index is 13.0. The van der Waals surface area contributed by atoms with Crippen molar-refractivity contribution in [3.05, 3.63) is 83.1 Å². The first-order valence-corrected chi connectivity index (χ1v) is 8.41. The topological polar surface area (TPSA) is 62.1 Å². The fraction of sp³-hybridized carbons (Fsp3) is 0.0476. The number of carbonyl (C=O) groups is 1. The van der Waals surface area contributed by atoms with E-state index in [9.17, 15) is 9.18 Å². The van der Waals surface area contributed by atoms with Crippen LogP contribution in [-0.4, -0.2) is 12.5 Å². The number of benzene rings is 3. The molecular weight excluding hydrogens is 367 g/mol. The molecule has 0 spiro atoms. The Morgan fingerprint density at radius 1 is 1.04 bits per heavy atom. The Morgan fingerprint density at radius 3 is 2.26 bits per heavy atom. The normalized spacial score (nSPS) is 10.1. The molecule has 1 N–H and O–H groups in total. The number of halogens is 2. The van der Waals surface area contributed by atoms with Crippen molar-refractivity contribution >= 4 is 23.2 Å². The van der Waals surface area contributed by atoms with Crippen molar-refractivity contribution in [3.8, 4) is 22.9 Å². The quantitative estimate of drug-likeness (QED) is 0.674. The number of nitrogens with zero attached hydrogens (tertiary/aromatic N) is 1. The molecule has 3 aromatic rings. The maximum atomic E-state index is 13.0. The summed E-state index contributed by atoms with van der Waals surface area (Å²) < 4.78 is 18.5. The lowest BCUT2D eigenvalue weighted by Gasteiger charge is -2.09. The Kier molecular flexibility index (Phi) is 5.70. The van der Waals surface area contributed by atoms with E-state index in [1.54, 1.807) is 24.3 Å². The molecule has 3 rings (SSSR count). The molecule has 0 bridgehead atoms. The zero-order valence-corrected chi connectivity index (χ0v) is 14.8. The van der Waals surface area contributed by atoms with Crippen LogP contribution in [0.1, 0.15) is 5.56 Å². The molecule has 3 aromatic carbocycles. The van der Waals surface area contributed by atoms with Crippen LogP contribution in [0.5, 0.6) is 5.75 Å². The predicted molar refractivity (Wildman–Crippen MR) is 102 cm³/mol. The summed E-state index contributed by atoms with van der Waals surface area (Å²) in [4.78, 5) is 12.0. The van der Waals surface area contributed by atoms with Gasteiger partial charge in [-0.3, -0.25) is 4.79 Å². The first kappa shape index (κ1) is 18.4. The molecule has 0 aliphatic heterocycles. The Hall–Kier alpha value is -3.36. The van der Waals surface area contributed by atoms with Gasteiger partial charge in [-0.1, -0.05) is 35.9 Å². The molecule has 0 atom stereocenters. The number of anilines is 1. The molecule has 0 aromatic heterocycles. The van der Waals surface area contributed by atoms with Crippen LogP contribution < -0.4 is 10.1 Å². The monoisotopic (exact) mass is 380 g/mol. The van der Waals surface area contributed by atoms with Gasteiger partial charge in [-0.05, 0) is 53.6 Å². The smallest absolute Gasteiger partial charge is 0.262 e. The molecule has 0 unspecified atom stereocenters. The van der Waals surface area contributed by atoms with E-state index in [1.165, 1.54) is 12.1 Å². The van der Waals surface area contributed by atoms with E-state index in [2.05, 4.69) is 11.4 Å². The van der Waals surface area contributed by atoms with Gasteiger partial charge in [0.05, 0.1) is 22.3 Å². The molecule has 0 heterocycles. The highest BCUT2D eigenvalue weighted by Gasteiger charge is 2.08. The van der Waals surface area contributed by atoms with Crippen LogP contribution in [0.25, 0.3) is 11.1 Å². The lowest BCUT2D eigenvalue weighted by Crippen LogP contribution is -2.20. The fourth-order valence-electron chi connectivity index (χ4n) is 2.41. The van der Waals surface area contributed by atoms with Crippen molar-refractivity contribution in [1.29, 1.82) is 5.26 Å². The van der Waals surface area contributed by atoms with Gasteiger partial charge in [0, 0.05) is 0 Å². The molecule has 134 valence electrons. The van der Waals surface area contributed by atoms with Crippen LogP contribution in [0.15, 0.2) is 66.7 Å². The SMILES string of the molecule is N#Cc1ccc(-c2ccc(OCC(=O)Nc3ccc(F)cc3Cl)cc2)cc1. The van der Waals surface area contributed by atoms with Crippen molar-refractivity contribution in [1.82, 2.24) is 0 Å². The van der Waals surface area contributed by atoms with Gasteiger partial charge in [0.1, 0.15) is 11.6 Å². The molecular formula is C21H14ClFN2O2. The summed E-state index contributed by atoms with van der Waals surface area (Å²) >= 11 is 5.87. The van der Waals surface area contributed by atoms with Gasteiger partial charge in [-0.15, -0.1) is 0 Å². The zero-order valence-electron chi connectivity index (χ0n) is 14.1. The van der Waals surface area contributed by atoms with E-state index in [4.69, 9.17) is 21.6 Å². The largest absolute Gasteiger partial charge is 0.484 e. The summed E-state index contributed by atoms with van der Waals surface area (Å²) in [7, 11) is 0. The third-order valence-electron chi connectivity index (χ3n) is 3.78. The second-order valence-electron chi connectivity index (χ2n) is 5.67. The van der Waals surface area contributed by atoms with Gasteiger partial charge in [0.15, 0.2) is 6.61 Å². The van der Waals surface area contributed by atoms with Gasteiger partial charge < -0.3 is 10.1 Å². The molecule has 6 heteroatoms. The Bertz CT molecular complexity index is 996. The zero-order chi connectivity index (χ0) is 19.2. The minimum Gasteiger partial charge on any atom is -0.484 e. The predicted octanol–water partition coefficient (Wildman–Crippen LogP) is 5.04. The highest BCUT2D eigenvalue weighted by atomic mass is 35.5.